The maximum atomic E-state index is 9.41. The Balaban J connectivity index is 2.93. The summed E-state index contributed by atoms with van der Waals surface area (Å²) in [6.45, 7) is 4.59. The van der Waals surface area contributed by atoms with E-state index in [1.165, 1.54) is 11.3 Å². The molecule has 0 saturated heterocycles. The van der Waals surface area contributed by atoms with Crippen LogP contribution in [0.4, 0.5) is 5.69 Å². The van der Waals surface area contributed by atoms with Crippen molar-refractivity contribution >= 4 is 5.69 Å². The van der Waals surface area contributed by atoms with E-state index in [9.17, 15) is 5.11 Å². The zero-order valence-electron chi connectivity index (χ0n) is 10.6. The highest BCUT2D eigenvalue weighted by Gasteiger charge is 2.12. The van der Waals surface area contributed by atoms with Gasteiger partial charge < -0.3 is 15.3 Å². The second kappa shape index (κ2) is 5.87. The zero-order chi connectivity index (χ0) is 12.1. The molecule has 0 heterocycles. The first-order chi connectivity index (χ1) is 7.56. The molecule has 2 unspecified atom stereocenters. The number of anilines is 1. The van der Waals surface area contributed by atoms with E-state index in [1.54, 1.807) is 6.92 Å². The Morgan fingerprint density at radius 2 is 1.94 bits per heavy atom. The number of hydrogen-bond donors (Lipinski definition) is 2. The van der Waals surface area contributed by atoms with Crippen molar-refractivity contribution in [1.82, 2.24) is 5.32 Å². The standard InChI is InChI=1S/C13H22N2O/c1-10(16)9-15(4)13-8-6-5-7-12(13)11(2)14-3/h5-8,10-11,14,16H,9H2,1-4H3. The van der Waals surface area contributed by atoms with E-state index >= 15 is 0 Å². The fourth-order valence-corrected chi connectivity index (χ4v) is 1.85. The highest BCUT2D eigenvalue weighted by molar-refractivity contribution is 5.54. The number of para-hydroxylation sites is 1. The smallest absolute Gasteiger partial charge is 0.0686 e. The SMILES string of the molecule is CNC(C)c1ccccc1N(C)CC(C)O. The van der Waals surface area contributed by atoms with Crippen LogP contribution in [0.2, 0.25) is 0 Å². The summed E-state index contributed by atoms with van der Waals surface area (Å²) in [6, 6.07) is 8.59. The molecular weight excluding hydrogens is 200 g/mol. The molecule has 3 heteroatoms. The molecule has 2 N–H and O–H groups in total. The highest BCUT2D eigenvalue weighted by atomic mass is 16.3. The molecule has 0 aliphatic carbocycles. The molecule has 1 aromatic rings. The lowest BCUT2D eigenvalue weighted by Gasteiger charge is -2.26. The Labute approximate surface area is 98.1 Å². The van der Waals surface area contributed by atoms with E-state index < -0.39 is 0 Å². The van der Waals surface area contributed by atoms with Crippen molar-refractivity contribution in [1.29, 1.82) is 0 Å². The molecule has 1 rings (SSSR count). The molecule has 0 spiro atoms. The Bertz CT molecular complexity index is 325. The maximum Gasteiger partial charge on any atom is 0.0686 e. The monoisotopic (exact) mass is 222 g/mol. The molecule has 0 aromatic heterocycles. The topological polar surface area (TPSA) is 35.5 Å². The molecule has 0 amide bonds. The van der Waals surface area contributed by atoms with Crippen LogP contribution >= 0.6 is 0 Å². The average molecular weight is 222 g/mol. The molecule has 0 fully saturated rings. The predicted molar refractivity (Wildman–Crippen MR) is 68.9 cm³/mol. The highest BCUT2D eigenvalue weighted by Crippen LogP contribution is 2.25. The van der Waals surface area contributed by atoms with Crippen molar-refractivity contribution in [3.8, 4) is 0 Å². The molecule has 0 saturated carbocycles. The zero-order valence-corrected chi connectivity index (χ0v) is 10.6. The van der Waals surface area contributed by atoms with Crippen LogP contribution in [0.5, 0.6) is 0 Å². The van der Waals surface area contributed by atoms with Crippen LogP contribution < -0.4 is 10.2 Å². The molecule has 0 radical (unpaired) electrons. The van der Waals surface area contributed by atoms with Gasteiger partial charge in [0, 0.05) is 25.3 Å². The summed E-state index contributed by atoms with van der Waals surface area (Å²) in [5.41, 5.74) is 2.43. The quantitative estimate of drug-likeness (QED) is 0.797. The Morgan fingerprint density at radius 3 is 2.50 bits per heavy atom. The largest absolute Gasteiger partial charge is 0.392 e. The van der Waals surface area contributed by atoms with Crippen LogP contribution in [0.25, 0.3) is 0 Å². The molecule has 16 heavy (non-hydrogen) atoms. The second-order valence-electron chi connectivity index (χ2n) is 4.30. The number of hydrogen-bond acceptors (Lipinski definition) is 3. The summed E-state index contributed by atoms with van der Waals surface area (Å²) >= 11 is 0. The van der Waals surface area contributed by atoms with Crippen LogP contribution in [0, 0.1) is 0 Å². The Kier molecular flexibility index (Phi) is 4.77. The lowest BCUT2D eigenvalue weighted by molar-refractivity contribution is 0.201. The van der Waals surface area contributed by atoms with Gasteiger partial charge in [0.1, 0.15) is 0 Å². The minimum absolute atomic E-state index is 0.313. The number of nitrogens with one attached hydrogen (secondary N) is 1. The molecule has 0 bridgehead atoms. The van der Waals surface area contributed by atoms with Crippen molar-refractivity contribution in [2.75, 3.05) is 25.5 Å². The van der Waals surface area contributed by atoms with E-state index in [1.807, 2.05) is 26.2 Å². The van der Waals surface area contributed by atoms with Crippen molar-refractivity contribution in [2.45, 2.75) is 26.0 Å². The van der Waals surface area contributed by atoms with Crippen molar-refractivity contribution in [2.24, 2.45) is 0 Å². The molecule has 2 atom stereocenters. The van der Waals surface area contributed by atoms with Crippen molar-refractivity contribution in [3.05, 3.63) is 29.8 Å². The van der Waals surface area contributed by atoms with E-state index in [-0.39, 0.29) is 6.10 Å². The van der Waals surface area contributed by atoms with Gasteiger partial charge in [0.05, 0.1) is 6.10 Å². The first-order valence-corrected chi connectivity index (χ1v) is 5.71. The van der Waals surface area contributed by atoms with Gasteiger partial charge in [0.25, 0.3) is 0 Å². The maximum absolute atomic E-state index is 9.41. The third-order valence-electron chi connectivity index (χ3n) is 2.79. The normalized spacial score (nSPS) is 14.6. The summed E-state index contributed by atoms with van der Waals surface area (Å²) in [5.74, 6) is 0. The van der Waals surface area contributed by atoms with Crippen LogP contribution in [0.15, 0.2) is 24.3 Å². The molecular formula is C13H22N2O. The number of likely N-dealkylation sites (N-methyl/N-ethyl adjacent to an activating group) is 1. The first-order valence-electron chi connectivity index (χ1n) is 5.71. The number of benzene rings is 1. The molecule has 3 nitrogen and oxygen atoms in total. The molecule has 0 aliphatic heterocycles. The minimum atomic E-state index is -0.317. The van der Waals surface area contributed by atoms with Crippen LogP contribution in [0.1, 0.15) is 25.5 Å². The number of nitrogens with zero attached hydrogens (tertiary/aromatic N) is 1. The number of rotatable bonds is 5. The van der Waals surface area contributed by atoms with Gasteiger partial charge in [-0.3, -0.25) is 0 Å². The van der Waals surface area contributed by atoms with Gasteiger partial charge in [-0.1, -0.05) is 18.2 Å². The first kappa shape index (κ1) is 13.0. The van der Waals surface area contributed by atoms with Gasteiger partial charge in [0.2, 0.25) is 0 Å². The Hall–Kier alpha value is -1.06. The number of aliphatic hydroxyl groups is 1. The Morgan fingerprint density at radius 1 is 1.31 bits per heavy atom. The predicted octanol–water partition coefficient (Wildman–Crippen LogP) is 1.78. The third-order valence-corrected chi connectivity index (χ3v) is 2.79. The molecule has 1 aromatic carbocycles. The van der Waals surface area contributed by atoms with Gasteiger partial charge in [-0.2, -0.15) is 0 Å². The van der Waals surface area contributed by atoms with E-state index in [4.69, 9.17) is 0 Å². The van der Waals surface area contributed by atoms with Gasteiger partial charge >= 0.3 is 0 Å². The second-order valence-corrected chi connectivity index (χ2v) is 4.30. The van der Waals surface area contributed by atoms with Crippen molar-refractivity contribution in [3.63, 3.8) is 0 Å². The van der Waals surface area contributed by atoms with Crippen molar-refractivity contribution < 1.29 is 5.11 Å². The molecule has 90 valence electrons. The summed E-state index contributed by atoms with van der Waals surface area (Å²) < 4.78 is 0. The fraction of sp³-hybridized carbons (Fsp3) is 0.538. The summed E-state index contributed by atoms with van der Waals surface area (Å²) in [4.78, 5) is 2.09. The minimum Gasteiger partial charge on any atom is -0.392 e. The van der Waals surface area contributed by atoms with Gasteiger partial charge in [-0.25, -0.2) is 0 Å². The van der Waals surface area contributed by atoms with Crippen LogP contribution in [0.3, 0.4) is 0 Å². The third kappa shape index (κ3) is 3.22. The molecule has 0 aliphatic rings. The van der Waals surface area contributed by atoms with E-state index in [2.05, 4.69) is 29.3 Å². The lowest BCUT2D eigenvalue weighted by atomic mass is 10.1. The van der Waals surface area contributed by atoms with Crippen LogP contribution in [-0.4, -0.2) is 31.9 Å². The van der Waals surface area contributed by atoms with Gasteiger partial charge in [0.15, 0.2) is 0 Å². The van der Waals surface area contributed by atoms with Gasteiger partial charge in [-0.15, -0.1) is 0 Å². The summed E-state index contributed by atoms with van der Waals surface area (Å²) in [5, 5.41) is 12.7. The lowest BCUT2D eigenvalue weighted by Crippen LogP contribution is -2.28. The van der Waals surface area contributed by atoms with E-state index in [0.717, 1.165) is 0 Å². The summed E-state index contributed by atoms with van der Waals surface area (Å²) in [6.07, 6.45) is -0.317. The average Bonchev–Trinajstić information content (AvgIpc) is 2.27. The van der Waals surface area contributed by atoms with Gasteiger partial charge in [-0.05, 0) is 32.5 Å². The van der Waals surface area contributed by atoms with Crippen LogP contribution in [-0.2, 0) is 0 Å². The fourth-order valence-electron chi connectivity index (χ4n) is 1.85. The number of aliphatic hydroxyl groups excluding tert-OH is 1. The summed E-state index contributed by atoms with van der Waals surface area (Å²) in [7, 11) is 3.96. The van der Waals surface area contributed by atoms with E-state index in [0.29, 0.717) is 12.6 Å².